The maximum absolute atomic E-state index is 13.2. The molecule has 4 aromatic rings. The van der Waals surface area contributed by atoms with Gasteiger partial charge in [-0.2, -0.15) is 0 Å². The standard InChI is InChI=1S/C29H30N4O5S/c1-3-22(26(34)33-27-24(29(36)37-4-2)19-10-6-5-7-11-23(19)39-27)38-28(35)17-12-13-20-21(15-17)32-25(31-20)18-9-8-14-30-16-18/h8-9,12-16,22H,3-7,10-11H2,1-2H3,(H,31,32)(H,33,34). The molecular formula is C29H30N4O5S. The SMILES string of the molecule is CCOC(=O)c1c(NC(=O)C(CC)OC(=O)c2ccc3nc(-c4cccnc4)[nH]c3c2)sc2c1CCCCC2. The quantitative estimate of drug-likeness (QED) is 0.214. The van der Waals surface area contributed by atoms with Crippen molar-refractivity contribution in [3.05, 3.63) is 64.3 Å². The van der Waals surface area contributed by atoms with Crippen LogP contribution >= 0.6 is 11.3 Å². The fourth-order valence-electron chi connectivity index (χ4n) is 4.74. The van der Waals surface area contributed by atoms with Gasteiger partial charge >= 0.3 is 11.9 Å². The Labute approximate surface area is 230 Å². The van der Waals surface area contributed by atoms with Gasteiger partial charge in [0.15, 0.2) is 6.10 Å². The Morgan fingerprint density at radius 3 is 2.72 bits per heavy atom. The van der Waals surface area contributed by atoms with Gasteiger partial charge in [0, 0.05) is 22.8 Å². The number of rotatable bonds is 8. The fraction of sp³-hybridized carbons (Fsp3) is 0.345. The number of imidazole rings is 1. The van der Waals surface area contributed by atoms with Crippen molar-refractivity contribution in [2.24, 2.45) is 0 Å². The van der Waals surface area contributed by atoms with Crippen LogP contribution in [0.15, 0.2) is 42.7 Å². The molecule has 202 valence electrons. The van der Waals surface area contributed by atoms with Crippen molar-refractivity contribution in [3.8, 4) is 11.4 Å². The number of ether oxygens (including phenoxy) is 2. The first-order chi connectivity index (χ1) is 19.0. The van der Waals surface area contributed by atoms with Gasteiger partial charge < -0.3 is 19.8 Å². The number of nitrogens with one attached hydrogen (secondary N) is 2. The number of carbonyl (C=O) groups is 3. The van der Waals surface area contributed by atoms with Crippen LogP contribution in [0.1, 0.15) is 70.7 Å². The molecule has 3 aromatic heterocycles. The third-order valence-corrected chi connectivity index (χ3v) is 7.91. The number of amides is 1. The summed E-state index contributed by atoms with van der Waals surface area (Å²) in [5.74, 6) is -0.893. The number of benzene rings is 1. The van der Waals surface area contributed by atoms with Crippen LogP contribution in [-0.2, 0) is 27.1 Å². The van der Waals surface area contributed by atoms with Crippen LogP contribution in [0.25, 0.3) is 22.4 Å². The Bertz CT molecular complexity index is 1510. The van der Waals surface area contributed by atoms with E-state index >= 15 is 0 Å². The number of aromatic amines is 1. The minimum Gasteiger partial charge on any atom is -0.462 e. The number of aryl methyl sites for hydroxylation is 1. The smallest absolute Gasteiger partial charge is 0.341 e. The van der Waals surface area contributed by atoms with Crippen LogP contribution in [0.5, 0.6) is 0 Å². The first-order valence-electron chi connectivity index (χ1n) is 13.2. The molecule has 39 heavy (non-hydrogen) atoms. The van der Waals surface area contributed by atoms with E-state index in [1.165, 1.54) is 11.3 Å². The number of hydrogen-bond acceptors (Lipinski definition) is 8. The lowest BCUT2D eigenvalue weighted by molar-refractivity contribution is -0.124. The van der Waals surface area contributed by atoms with E-state index in [4.69, 9.17) is 9.47 Å². The number of thiophene rings is 1. The monoisotopic (exact) mass is 546 g/mol. The van der Waals surface area contributed by atoms with Crippen molar-refractivity contribution in [3.63, 3.8) is 0 Å². The number of esters is 2. The number of nitrogens with zero attached hydrogens (tertiary/aromatic N) is 2. The molecule has 1 amide bonds. The predicted octanol–water partition coefficient (Wildman–Crippen LogP) is 5.71. The topological polar surface area (TPSA) is 123 Å². The average Bonchev–Trinajstić information content (AvgIpc) is 3.45. The zero-order valence-corrected chi connectivity index (χ0v) is 22.7. The van der Waals surface area contributed by atoms with Gasteiger partial charge in [-0.15, -0.1) is 11.3 Å². The molecule has 1 atom stereocenters. The molecule has 1 aromatic carbocycles. The van der Waals surface area contributed by atoms with Crippen molar-refractivity contribution >= 4 is 45.2 Å². The van der Waals surface area contributed by atoms with Crippen LogP contribution in [0.2, 0.25) is 0 Å². The first kappa shape index (κ1) is 26.6. The lowest BCUT2D eigenvalue weighted by Gasteiger charge is -2.16. The number of fused-ring (bicyclic) bond motifs is 2. The lowest BCUT2D eigenvalue weighted by atomic mass is 10.1. The van der Waals surface area contributed by atoms with Crippen LogP contribution < -0.4 is 5.32 Å². The van der Waals surface area contributed by atoms with Gasteiger partial charge in [-0.25, -0.2) is 14.6 Å². The molecule has 5 rings (SSSR count). The lowest BCUT2D eigenvalue weighted by Crippen LogP contribution is -2.32. The number of aromatic nitrogens is 3. The highest BCUT2D eigenvalue weighted by Crippen LogP contribution is 2.38. The van der Waals surface area contributed by atoms with Crippen LogP contribution in [0, 0.1) is 0 Å². The van der Waals surface area contributed by atoms with Gasteiger partial charge in [-0.3, -0.25) is 9.78 Å². The fourth-order valence-corrected chi connectivity index (χ4v) is 6.02. The summed E-state index contributed by atoms with van der Waals surface area (Å²) in [6.45, 7) is 3.77. The summed E-state index contributed by atoms with van der Waals surface area (Å²) in [5, 5.41) is 3.33. The van der Waals surface area contributed by atoms with Gasteiger partial charge in [0.05, 0.1) is 28.8 Å². The van der Waals surface area contributed by atoms with Gasteiger partial charge in [-0.1, -0.05) is 13.3 Å². The summed E-state index contributed by atoms with van der Waals surface area (Å²) in [6.07, 6.45) is 7.42. The normalized spacial score (nSPS) is 13.8. The minimum absolute atomic E-state index is 0.246. The van der Waals surface area contributed by atoms with Crippen LogP contribution in [0.3, 0.4) is 0 Å². The predicted molar refractivity (Wildman–Crippen MR) is 149 cm³/mol. The largest absolute Gasteiger partial charge is 0.462 e. The third kappa shape index (κ3) is 5.70. The Morgan fingerprint density at radius 1 is 1.10 bits per heavy atom. The Morgan fingerprint density at radius 2 is 1.95 bits per heavy atom. The second-order valence-electron chi connectivity index (χ2n) is 9.34. The van der Waals surface area contributed by atoms with Crippen molar-refractivity contribution in [2.75, 3.05) is 11.9 Å². The minimum atomic E-state index is -1.03. The van der Waals surface area contributed by atoms with Gasteiger partial charge in [0.1, 0.15) is 10.8 Å². The van der Waals surface area contributed by atoms with E-state index in [1.54, 1.807) is 44.4 Å². The number of anilines is 1. The summed E-state index contributed by atoms with van der Waals surface area (Å²) >= 11 is 1.41. The molecule has 0 saturated heterocycles. The Hall–Kier alpha value is -4.05. The van der Waals surface area contributed by atoms with Gasteiger partial charge in [0.2, 0.25) is 0 Å². The molecule has 1 aliphatic rings. The molecule has 10 heteroatoms. The van der Waals surface area contributed by atoms with Crippen LogP contribution in [0.4, 0.5) is 5.00 Å². The summed E-state index contributed by atoms with van der Waals surface area (Å²) in [4.78, 5) is 52.1. The molecular weight excluding hydrogens is 516 g/mol. The number of H-pyrrole nitrogens is 1. The second-order valence-corrected chi connectivity index (χ2v) is 10.4. The second kappa shape index (κ2) is 11.8. The summed E-state index contributed by atoms with van der Waals surface area (Å²) in [6, 6.07) is 8.73. The van der Waals surface area contributed by atoms with E-state index in [0.29, 0.717) is 33.0 Å². The van der Waals surface area contributed by atoms with Crippen molar-refractivity contribution in [1.82, 2.24) is 15.0 Å². The molecule has 0 saturated carbocycles. The molecule has 1 aliphatic carbocycles. The summed E-state index contributed by atoms with van der Waals surface area (Å²) < 4.78 is 10.9. The van der Waals surface area contributed by atoms with E-state index < -0.39 is 23.9 Å². The zero-order valence-electron chi connectivity index (χ0n) is 21.9. The number of hydrogen-bond donors (Lipinski definition) is 2. The zero-order chi connectivity index (χ0) is 27.4. The molecule has 2 N–H and O–H groups in total. The first-order valence-corrected chi connectivity index (χ1v) is 14.0. The van der Waals surface area contributed by atoms with Crippen molar-refractivity contribution in [1.29, 1.82) is 0 Å². The van der Waals surface area contributed by atoms with E-state index in [0.717, 1.165) is 48.1 Å². The molecule has 1 unspecified atom stereocenters. The van der Waals surface area contributed by atoms with Gasteiger partial charge in [-0.05, 0) is 74.9 Å². The molecule has 3 heterocycles. The highest BCUT2D eigenvalue weighted by atomic mass is 32.1. The highest BCUT2D eigenvalue weighted by Gasteiger charge is 2.29. The Balaban J connectivity index is 1.33. The van der Waals surface area contributed by atoms with Crippen molar-refractivity contribution < 1.29 is 23.9 Å². The highest BCUT2D eigenvalue weighted by molar-refractivity contribution is 7.17. The summed E-state index contributed by atoms with van der Waals surface area (Å²) in [7, 11) is 0. The van der Waals surface area contributed by atoms with E-state index in [9.17, 15) is 14.4 Å². The maximum Gasteiger partial charge on any atom is 0.341 e. The van der Waals surface area contributed by atoms with Crippen molar-refractivity contribution in [2.45, 2.75) is 58.5 Å². The Kier molecular flexibility index (Phi) is 8.02. The molecule has 0 fully saturated rings. The number of pyridine rings is 1. The molecule has 0 radical (unpaired) electrons. The van der Waals surface area contributed by atoms with E-state index in [1.807, 2.05) is 12.1 Å². The maximum atomic E-state index is 13.2. The van der Waals surface area contributed by atoms with Crippen LogP contribution in [-0.4, -0.2) is 45.5 Å². The third-order valence-electron chi connectivity index (χ3n) is 6.70. The molecule has 0 spiro atoms. The van der Waals surface area contributed by atoms with E-state index in [2.05, 4.69) is 20.3 Å². The van der Waals surface area contributed by atoms with Gasteiger partial charge in [0.25, 0.3) is 5.91 Å². The number of carbonyl (C=O) groups excluding carboxylic acids is 3. The molecule has 0 aliphatic heterocycles. The molecule has 9 nitrogen and oxygen atoms in total. The summed E-state index contributed by atoms with van der Waals surface area (Å²) in [5.41, 5.74) is 3.88. The van der Waals surface area contributed by atoms with E-state index in [-0.39, 0.29) is 13.0 Å². The molecule has 0 bridgehead atoms. The average molecular weight is 547 g/mol.